The van der Waals surface area contributed by atoms with Gasteiger partial charge in [0.2, 0.25) is 5.91 Å². The number of aliphatic hydroxyl groups is 1. The van der Waals surface area contributed by atoms with E-state index in [1.807, 2.05) is 25.1 Å². The third-order valence-electron chi connectivity index (χ3n) is 11.5. The number of unbranched alkanes of at least 4 members (excludes halogenated alkanes) is 1. The molecule has 2 N–H and O–H groups in total. The van der Waals surface area contributed by atoms with Gasteiger partial charge in [-0.05, 0) is 91.4 Å². The van der Waals surface area contributed by atoms with Crippen LogP contribution in [0.3, 0.4) is 0 Å². The Morgan fingerprint density at radius 2 is 1.73 bits per heavy atom. The molecule has 0 radical (unpaired) electrons. The molecule has 0 aromatic heterocycles. The lowest BCUT2D eigenvalue weighted by atomic mass is 9.62. The largest absolute Gasteiger partial charge is 0.477 e. The predicted molar refractivity (Wildman–Crippen MR) is 171 cm³/mol. The maximum absolute atomic E-state index is 14.0. The number of carboxylic acid groups (broad SMARTS) is 1. The Hall–Kier alpha value is -2.91. The lowest BCUT2D eigenvalue weighted by molar-refractivity contribution is -0.163. The van der Waals surface area contributed by atoms with Gasteiger partial charge in [0, 0.05) is 11.3 Å². The fourth-order valence-corrected chi connectivity index (χ4v) is 10.2. The summed E-state index contributed by atoms with van der Waals surface area (Å²) in [6.07, 6.45) is 9.78. The van der Waals surface area contributed by atoms with E-state index in [2.05, 4.69) is 20.8 Å². The number of benzene rings is 2. The van der Waals surface area contributed by atoms with Gasteiger partial charge in [-0.2, -0.15) is 0 Å². The summed E-state index contributed by atoms with van der Waals surface area (Å²) in [7, 11) is -3.95. The molecule has 9 heteroatoms. The van der Waals surface area contributed by atoms with Crippen molar-refractivity contribution < 1.29 is 28.2 Å². The smallest absolute Gasteiger partial charge is 0.352 e. The minimum Gasteiger partial charge on any atom is -0.477 e. The fraction of sp³-hybridized carbons (Fsp3) is 0.600. The highest BCUT2D eigenvalue weighted by atomic mass is 32.2. The fourth-order valence-electron chi connectivity index (χ4n) is 8.48. The summed E-state index contributed by atoms with van der Waals surface area (Å²) in [5.74, 6) is -2.80. The second-order valence-corrected chi connectivity index (χ2v) is 16.4. The highest BCUT2D eigenvalue weighted by molar-refractivity contribution is 7.93. The number of nitrogens with zero attached hydrogens (tertiary/aromatic N) is 2. The van der Waals surface area contributed by atoms with Crippen molar-refractivity contribution in [1.29, 1.82) is 0 Å². The van der Waals surface area contributed by atoms with E-state index in [0.29, 0.717) is 22.1 Å². The van der Waals surface area contributed by atoms with Gasteiger partial charge in [-0.1, -0.05) is 58.7 Å². The molecule has 2 fully saturated rings. The number of hydrogen-bond acceptors (Lipinski definition) is 5. The summed E-state index contributed by atoms with van der Waals surface area (Å²) in [5, 5.41) is 21.9. The SMILES string of the molecule is CCCCC1(C)CCC(C)(CCc2ccc3c4c(cccc24)N(CC2=C(C(=O)O)N4C(=O)[C@H]([C@@H](C)O)[C@H]4[C@H]2C)S3(=O)=O)CC1. The van der Waals surface area contributed by atoms with Crippen molar-refractivity contribution in [3.05, 3.63) is 47.2 Å². The Kier molecular flexibility index (Phi) is 7.68. The zero-order valence-corrected chi connectivity index (χ0v) is 27.4. The van der Waals surface area contributed by atoms with Gasteiger partial charge in [-0.15, -0.1) is 0 Å². The highest BCUT2D eigenvalue weighted by Gasteiger charge is 2.60. The van der Waals surface area contributed by atoms with E-state index in [4.69, 9.17) is 0 Å². The van der Waals surface area contributed by atoms with Crippen LogP contribution in [0.4, 0.5) is 5.69 Å². The minimum absolute atomic E-state index is 0.157. The van der Waals surface area contributed by atoms with Gasteiger partial charge >= 0.3 is 5.97 Å². The third-order valence-corrected chi connectivity index (χ3v) is 13.3. The molecule has 3 heterocycles. The van der Waals surface area contributed by atoms with Crippen molar-refractivity contribution in [1.82, 2.24) is 4.90 Å². The number of hydrogen-bond donors (Lipinski definition) is 2. The number of aryl methyl sites for hydroxylation is 1. The van der Waals surface area contributed by atoms with Crippen LogP contribution in [0, 0.1) is 22.7 Å². The summed E-state index contributed by atoms with van der Waals surface area (Å²) < 4.78 is 29.3. The van der Waals surface area contributed by atoms with Crippen LogP contribution in [0.1, 0.15) is 91.5 Å². The molecule has 44 heavy (non-hydrogen) atoms. The molecule has 2 aromatic carbocycles. The first-order valence-electron chi connectivity index (χ1n) is 16.3. The van der Waals surface area contributed by atoms with E-state index in [1.165, 1.54) is 61.1 Å². The Bertz CT molecular complexity index is 1650. The number of rotatable bonds is 10. The standard InChI is InChI=1S/C35H46N2O6S/c1-6-7-14-34(4)16-18-35(5,19-17-34)15-13-23-11-12-27-29-24(23)9-8-10-26(29)36(44(27,42)43)20-25-21(2)30-28(22(3)38)32(39)37(30)31(25)33(40)41/h8-12,21-22,28,30,38H,6-7,13-20H2,1-5H3,(H,40,41)/t21-,22+,28+,30+,34?,35?/m0/s1. The molecule has 0 spiro atoms. The number of fused-ring (bicyclic) bond motifs is 1. The van der Waals surface area contributed by atoms with Crippen molar-refractivity contribution in [2.45, 2.75) is 109 Å². The van der Waals surface area contributed by atoms with E-state index in [1.54, 1.807) is 12.1 Å². The van der Waals surface area contributed by atoms with E-state index in [-0.39, 0.29) is 22.6 Å². The van der Waals surface area contributed by atoms with Crippen LogP contribution in [-0.2, 0) is 26.0 Å². The maximum Gasteiger partial charge on any atom is 0.352 e. The normalized spacial score (nSPS) is 31.4. The molecule has 1 aliphatic carbocycles. The number of carboxylic acids is 1. The summed E-state index contributed by atoms with van der Waals surface area (Å²) in [5.41, 5.74) is 2.63. The number of β-lactam (4-membered cyclic amide) rings is 1. The molecule has 4 atom stereocenters. The summed E-state index contributed by atoms with van der Waals surface area (Å²) in [4.78, 5) is 26.7. The van der Waals surface area contributed by atoms with Crippen molar-refractivity contribution >= 4 is 38.4 Å². The Morgan fingerprint density at radius 3 is 2.34 bits per heavy atom. The van der Waals surface area contributed by atoms with Crippen molar-refractivity contribution in [3.63, 3.8) is 0 Å². The highest BCUT2D eigenvalue weighted by Crippen LogP contribution is 2.52. The average molecular weight is 623 g/mol. The first kappa shape index (κ1) is 31.1. The number of sulfonamides is 1. The topological polar surface area (TPSA) is 115 Å². The van der Waals surface area contributed by atoms with Crippen LogP contribution in [0.15, 0.2) is 46.5 Å². The molecule has 8 nitrogen and oxygen atoms in total. The molecule has 1 saturated carbocycles. The molecule has 2 aromatic rings. The van der Waals surface area contributed by atoms with Gasteiger partial charge in [0.25, 0.3) is 10.0 Å². The number of aliphatic hydroxyl groups excluding tert-OH is 1. The monoisotopic (exact) mass is 622 g/mol. The molecular weight excluding hydrogens is 576 g/mol. The lowest BCUT2D eigenvalue weighted by Gasteiger charge is -2.46. The first-order chi connectivity index (χ1) is 20.7. The van der Waals surface area contributed by atoms with Gasteiger partial charge in [-0.3, -0.25) is 9.10 Å². The third kappa shape index (κ3) is 4.77. The quantitative estimate of drug-likeness (QED) is 0.303. The van der Waals surface area contributed by atoms with Crippen molar-refractivity contribution in [2.24, 2.45) is 22.7 Å². The molecule has 3 aliphatic heterocycles. The van der Waals surface area contributed by atoms with Gasteiger partial charge in [0.05, 0.1) is 35.2 Å². The zero-order chi connectivity index (χ0) is 31.8. The summed E-state index contributed by atoms with van der Waals surface area (Å²) in [6.45, 7) is 10.3. The summed E-state index contributed by atoms with van der Waals surface area (Å²) in [6, 6.07) is 8.85. The molecular formula is C35H46N2O6S. The molecule has 4 aliphatic rings. The summed E-state index contributed by atoms with van der Waals surface area (Å²) >= 11 is 0. The molecule has 1 saturated heterocycles. The number of amides is 1. The van der Waals surface area contributed by atoms with Crippen molar-refractivity contribution in [2.75, 3.05) is 10.8 Å². The number of carbonyl (C=O) groups is 2. The van der Waals surface area contributed by atoms with E-state index >= 15 is 0 Å². The molecule has 1 amide bonds. The van der Waals surface area contributed by atoms with Gasteiger partial charge in [0.15, 0.2) is 0 Å². The van der Waals surface area contributed by atoms with Gasteiger partial charge in [-0.25, -0.2) is 13.2 Å². The van der Waals surface area contributed by atoms with E-state index in [0.717, 1.165) is 23.8 Å². The van der Waals surface area contributed by atoms with Crippen LogP contribution in [0.2, 0.25) is 0 Å². The second kappa shape index (κ2) is 10.9. The Balaban J connectivity index is 1.28. The Morgan fingerprint density at radius 1 is 1.07 bits per heavy atom. The number of carbonyl (C=O) groups excluding carboxylic acids is 1. The van der Waals surface area contributed by atoms with Gasteiger partial charge in [0.1, 0.15) is 5.70 Å². The van der Waals surface area contributed by atoms with Crippen LogP contribution in [0.5, 0.6) is 0 Å². The van der Waals surface area contributed by atoms with Crippen LogP contribution < -0.4 is 4.31 Å². The predicted octanol–water partition coefficient (Wildman–Crippen LogP) is 6.25. The van der Waals surface area contributed by atoms with Gasteiger partial charge < -0.3 is 15.1 Å². The molecule has 0 bridgehead atoms. The molecule has 6 rings (SSSR count). The van der Waals surface area contributed by atoms with Crippen LogP contribution in [-0.4, -0.2) is 54.1 Å². The van der Waals surface area contributed by atoms with Crippen LogP contribution in [0.25, 0.3) is 10.8 Å². The lowest BCUT2D eigenvalue weighted by Crippen LogP contribution is -2.63. The maximum atomic E-state index is 14.0. The minimum atomic E-state index is -3.95. The van der Waals surface area contributed by atoms with Crippen LogP contribution >= 0.6 is 0 Å². The Labute approximate surface area is 261 Å². The zero-order valence-electron chi connectivity index (χ0n) is 26.6. The van der Waals surface area contributed by atoms with E-state index < -0.39 is 45.9 Å². The number of anilines is 1. The molecule has 0 unspecified atom stereocenters. The second-order valence-electron chi connectivity index (χ2n) is 14.6. The number of aliphatic carboxylic acids is 1. The first-order valence-corrected chi connectivity index (χ1v) is 17.7. The van der Waals surface area contributed by atoms with Crippen molar-refractivity contribution in [3.8, 4) is 0 Å². The van der Waals surface area contributed by atoms with E-state index in [9.17, 15) is 28.2 Å². The molecule has 238 valence electrons. The average Bonchev–Trinajstić information content (AvgIpc) is 3.35.